The lowest BCUT2D eigenvalue weighted by Crippen LogP contribution is -2.30. The zero-order valence-corrected chi connectivity index (χ0v) is 15.4. The van der Waals surface area contributed by atoms with E-state index in [2.05, 4.69) is 5.32 Å². The van der Waals surface area contributed by atoms with Gasteiger partial charge in [-0.05, 0) is 30.7 Å². The number of amides is 1. The second kappa shape index (κ2) is 7.29. The molecule has 1 atom stereocenters. The minimum atomic E-state index is -0.889. The smallest absolute Gasteiger partial charge is 0.308 e. The van der Waals surface area contributed by atoms with Gasteiger partial charge in [0, 0.05) is 0 Å². The fourth-order valence-electron chi connectivity index (χ4n) is 2.60. The summed E-state index contributed by atoms with van der Waals surface area (Å²) in [6.45, 7) is 1.97. The zero-order chi connectivity index (χ0) is 18.0. The van der Waals surface area contributed by atoms with E-state index in [9.17, 15) is 9.59 Å². The number of aryl methyl sites for hydroxylation is 1. The van der Waals surface area contributed by atoms with Gasteiger partial charge in [0.15, 0.2) is 0 Å². The Kier molecular flexibility index (Phi) is 5.11. The number of benzene rings is 2. The maximum absolute atomic E-state index is 12.5. The Hall–Kier alpha value is -2.31. The van der Waals surface area contributed by atoms with Crippen LogP contribution in [0.4, 0.5) is 5.69 Å². The van der Waals surface area contributed by atoms with Gasteiger partial charge >= 0.3 is 4.87 Å². The molecule has 7 heteroatoms. The van der Waals surface area contributed by atoms with E-state index < -0.39 is 5.38 Å². The zero-order valence-electron chi connectivity index (χ0n) is 13.8. The first-order chi connectivity index (χ1) is 12.0. The first-order valence-corrected chi connectivity index (χ1v) is 8.93. The van der Waals surface area contributed by atoms with Crippen LogP contribution in [0.15, 0.2) is 47.3 Å². The number of rotatable bonds is 5. The molecular weight excluding hydrogens is 360 g/mol. The van der Waals surface area contributed by atoms with E-state index in [0.29, 0.717) is 11.4 Å². The topological polar surface area (TPSA) is 60.3 Å². The Labute approximate surface area is 153 Å². The molecule has 0 bridgehead atoms. The number of nitrogens with one attached hydrogen (secondary N) is 1. The van der Waals surface area contributed by atoms with Gasteiger partial charge in [-0.1, -0.05) is 35.6 Å². The number of hydrogen-bond donors (Lipinski definition) is 1. The summed E-state index contributed by atoms with van der Waals surface area (Å²) in [6, 6.07) is 12.9. The molecule has 0 saturated carbocycles. The molecule has 25 heavy (non-hydrogen) atoms. The fraction of sp³-hybridized carbons (Fsp3) is 0.222. The molecule has 0 saturated heterocycles. The number of alkyl halides is 1. The molecule has 1 amide bonds. The van der Waals surface area contributed by atoms with Crippen LogP contribution in [0, 0.1) is 6.92 Å². The molecule has 0 fully saturated rings. The Morgan fingerprint density at radius 3 is 2.80 bits per heavy atom. The van der Waals surface area contributed by atoms with Gasteiger partial charge in [0.25, 0.3) is 0 Å². The van der Waals surface area contributed by atoms with Crippen molar-refractivity contribution in [3.63, 3.8) is 0 Å². The highest BCUT2D eigenvalue weighted by atomic mass is 35.5. The van der Waals surface area contributed by atoms with Crippen molar-refractivity contribution >= 4 is 44.7 Å². The first kappa shape index (κ1) is 17.5. The summed E-state index contributed by atoms with van der Waals surface area (Å²) >= 11 is 7.43. The molecule has 1 heterocycles. The number of hydrogen-bond acceptors (Lipinski definition) is 4. The number of aromatic nitrogens is 1. The number of carbonyl (C=O) groups excluding carboxylic acids is 1. The summed E-state index contributed by atoms with van der Waals surface area (Å²) in [6.07, 6.45) is 0. The van der Waals surface area contributed by atoms with Crippen molar-refractivity contribution in [2.24, 2.45) is 0 Å². The second-order valence-corrected chi connectivity index (χ2v) is 7.08. The van der Waals surface area contributed by atoms with Crippen LogP contribution in [0.3, 0.4) is 0 Å². The molecule has 0 aliphatic heterocycles. The number of nitrogens with zero attached hydrogens (tertiary/aromatic N) is 1. The highest BCUT2D eigenvalue weighted by Gasteiger charge is 2.20. The SMILES string of the molecule is COc1cccc(C)c1NC(=O)C(Cl)Cn1c(=O)sc2ccccc21. The largest absolute Gasteiger partial charge is 0.495 e. The molecule has 0 aliphatic rings. The highest BCUT2D eigenvalue weighted by molar-refractivity contribution is 7.16. The van der Waals surface area contributed by atoms with E-state index in [-0.39, 0.29) is 17.3 Å². The minimum Gasteiger partial charge on any atom is -0.495 e. The monoisotopic (exact) mass is 376 g/mol. The van der Waals surface area contributed by atoms with Crippen LogP contribution >= 0.6 is 22.9 Å². The number of carbonyl (C=O) groups is 1. The molecule has 3 aromatic rings. The summed E-state index contributed by atoms with van der Waals surface area (Å²) in [5, 5.41) is 1.91. The van der Waals surface area contributed by atoms with E-state index in [4.69, 9.17) is 16.3 Å². The van der Waals surface area contributed by atoms with Crippen molar-refractivity contribution in [3.8, 4) is 5.75 Å². The lowest BCUT2D eigenvalue weighted by Gasteiger charge is -2.15. The third kappa shape index (κ3) is 3.55. The molecule has 1 aromatic heterocycles. The van der Waals surface area contributed by atoms with Crippen molar-refractivity contribution in [1.29, 1.82) is 0 Å². The Morgan fingerprint density at radius 2 is 2.04 bits per heavy atom. The highest BCUT2D eigenvalue weighted by Crippen LogP contribution is 2.28. The summed E-state index contributed by atoms with van der Waals surface area (Å²) in [5.41, 5.74) is 2.24. The van der Waals surface area contributed by atoms with Gasteiger partial charge < -0.3 is 10.1 Å². The quantitative estimate of drug-likeness (QED) is 0.692. The van der Waals surface area contributed by atoms with E-state index in [1.165, 1.54) is 4.57 Å². The molecular formula is C18H17ClN2O3S. The minimum absolute atomic E-state index is 0.102. The second-order valence-electron chi connectivity index (χ2n) is 5.56. The van der Waals surface area contributed by atoms with Gasteiger partial charge in [-0.2, -0.15) is 0 Å². The van der Waals surface area contributed by atoms with E-state index in [0.717, 1.165) is 27.1 Å². The molecule has 0 spiro atoms. The Balaban J connectivity index is 1.82. The van der Waals surface area contributed by atoms with Crippen LogP contribution < -0.4 is 14.9 Å². The van der Waals surface area contributed by atoms with Crippen LogP contribution in [0.5, 0.6) is 5.75 Å². The van der Waals surface area contributed by atoms with Crippen molar-refractivity contribution in [2.75, 3.05) is 12.4 Å². The average molecular weight is 377 g/mol. The molecule has 130 valence electrons. The molecule has 3 rings (SSSR count). The van der Waals surface area contributed by atoms with Crippen LogP contribution in [0.1, 0.15) is 5.56 Å². The number of ether oxygens (including phenoxy) is 1. The Morgan fingerprint density at radius 1 is 1.28 bits per heavy atom. The number of fused-ring (bicyclic) bond motifs is 1. The molecule has 1 N–H and O–H groups in total. The van der Waals surface area contributed by atoms with Gasteiger partial charge in [0.05, 0.1) is 29.6 Å². The lowest BCUT2D eigenvalue weighted by molar-refractivity contribution is -0.116. The lowest BCUT2D eigenvalue weighted by atomic mass is 10.2. The molecule has 2 aromatic carbocycles. The van der Waals surface area contributed by atoms with Crippen LogP contribution in [0.25, 0.3) is 10.2 Å². The van der Waals surface area contributed by atoms with Crippen LogP contribution in [-0.2, 0) is 11.3 Å². The van der Waals surface area contributed by atoms with Crippen molar-refractivity contribution < 1.29 is 9.53 Å². The van der Waals surface area contributed by atoms with E-state index in [1.54, 1.807) is 13.2 Å². The van der Waals surface area contributed by atoms with Crippen LogP contribution in [-0.4, -0.2) is 23.0 Å². The predicted octanol–water partition coefficient (Wildman–Crippen LogP) is 3.63. The van der Waals surface area contributed by atoms with Crippen molar-refractivity contribution in [3.05, 3.63) is 57.7 Å². The summed E-state index contributed by atoms with van der Waals surface area (Å²) in [7, 11) is 1.54. The number of para-hydroxylation sites is 2. The summed E-state index contributed by atoms with van der Waals surface area (Å²) in [5.74, 6) is 0.187. The number of halogens is 1. The fourth-order valence-corrected chi connectivity index (χ4v) is 3.70. The van der Waals surface area contributed by atoms with Crippen molar-refractivity contribution in [2.45, 2.75) is 18.8 Å². The van der Waals surface area contributed by atoms with Gasteiger partial charge in [-0.3, -0.25) is 14.2 Å². The molecule has 0 aliphatic carbocycles. The Bertz CT molecular complexity index is 980. The number of anilines is 1. The normalized spacial score (nSPS) is 12.1. The van der Waals surface area contributed by atoms with Gasteiger partial charge in [-0.15, -0.1) is 11.6 Å². The number of thiazole rings is 1. The van der Waals surface area contributed by atoms with Gasteiger partial charge in [0.1, 0.15) is 11.1 Å². The van der Waals surface area contributed by atoms with E-state index in [1.807, 2.05) is 43.3 Å². The maximum atomic E-state index is 12.5. The van der Waals surface area contributed by atoms with Gasteiger partial charge in [0.2, 0.25) is 5.91 Å². The van der Waals surface area contributed by atoms with Crippen LogP contribution in [0.2, 0.25) is 0 Å². The maximum Gasteiger partial charge on any atom is 0.308 e. The molecule has 5 nitrogen and oxygen atoms in total. The number of methoxy groups -OCH3 is 1. The summed E-state index contributed by atoms with van der Waals surface area (Å²) in [4.78, 5) is 24.5. The van der Waals surface area contributed by atoms with E-state index >= 15 is 0 Å². The average Bonchev–Trinajstić information content (AvgIpc) is 2.92. The summed E-state index contributed by atoms with van der Waals surface area (Å²) < 4.78 is 7.68. The third-order valence-electron chi connectivity index (χ3n) is 3.90. The first-order valence-electron chi connectivity index (χ1n) is 7.68. The van der Waals surface area contributed by atoms with Crippen molar-refractivity contribution in [1.82, 2.24) is 4.57 Å². The molecule has 1 unspecified atom stereocenters. The predicted molar refractivity (Wildman–Crippen MR) is 102 cm³/mol. The van der Waals surface area contributed by atoms with Gasteiger partial charge in [-0.25, -0.2) is 0 Å². The standard InChI is InChI=1S/C18H17ClN2O3S/c1-11-6-5-8-14(24-2)16(11)20-17(22)12(19)10-21-13-7-3-4-9-15(13)25-18(21)23/h3-9,12H,10H2,1-2H3,(H,20,22). The third-order valence-corrected chi connectivity index (χ3v) is 5.20. The molecule has 0 radical (unpaired) electrons.